The van der Waals surface area contributed by atoms with E-state index in [2.05, 4.69) is 19.9 Å². The van der Waals surface area contributed by atoms with Crippen LogP contribution in [0.15, 0.2) is 97.2 Å². The quantitative estimate of drug-likeness (QED) is 0.0392. The predicted octanol–water partition coefficient (Wildman–Crippen LogP) is 12.2. The van der Waals surface area contributed by atoms with Gasteiger partial charge < -0.3 is 14.2 Å². The summed E-state index contributed by atoms with van der Waals surface area (Å²) in [6, 6.07) is 9.83. The molecule has 0 N–H and O–H groups in total. The standard InChI is InChI=1S/C42H55ClO4/c1-5-7-9-10-11-17-20-24-28-37-40(46-4)33-36(27-22-8-6-2)34-41(37)47-42(44)29-25-21-18-15-13-12-14-16-19-23-26-35-30-31-39(45-3)38(43)32-35/h12-16,18-19,21,23,25-26,29-34H,5-11,17,20,22,24,27-28H2,1-4H3/b14-12+,15-13+,19-16+,21-18+,26-23+,29-25+. The number of carbonyl (C=O) groups excluding carboxylic acids is 1. The maximum atomic E-state index is 12.8. The molecule has 0 amide bonds. The number of rotatable bonds is 23. The molecule has 47 heavy (non-hydrogen) atoms. The van der Waals surface area contributed by atoms with Gasteiger partial charge in [-0.2, -0.15) is 0 Å². The minimum atomic E-state index is -0.390. The number of ether oxygens (including phenoxy) is 3. The summed E-state index contributed by atoms with van der Waals surface area (Å²) in [6.45, 7) is 4.45. The SMILES string of the molecule is CCCCCCCCCCc1c(OC)cc(CCCCC)cc1OC(=O)/C=C/C=C/C=C/C=C/C=C/C=C/c1ccc(OC)c(Cl)c1. The van der Waals surface area contributed by atoms with Crippen LogP contribution in [0.5, 0.6) is 17.2 Å². The van der Waals surface area contributed by atoms with E-state index in [1.54, 1.807) is 20.3 Å². The molecule has 0 aliphatic heterocycles. The molecule has 0 fully saturated rings. The van der Waals surface area contributed by atoms with Crippen molar-refractivity contribution in [1.82, 2.24) is 0 Å². The van der Waals surface area contributed by atoms with Gasteiger partial charge in [0.05, 0.1) is 19.2 Å². The Morgan fingerprint density at radius 2 is 1.15 bits per heavy atom. The second-order valence-corrected chi connectivity index (χ2v) is 11.9. The van der Waals surface area contributed by atoms with Crippen molar-refractivity contribution in [3.63, 3.8) is 0 Å². The molecule has 0 bridgehead atoms. The van der Waals surface area contributed by atoms with Gasteiger partial charge in [-0.3, -0.25) is 0 Å². The Hall–Kier alpha value is -3.76. The summed E-state index contributed by atoms with van der Waals surface area (Å²) in [6.07, 6.45) is 37.6. The number of aryl methyl sites for hydroxylation is 1. The minimum Gasteiger partial charge on any atom is -0.496 e. The first-order valence-electron chi connectivity index (χ1n) is 17.3. The van der Waals surface area contributed by atoms with Crippen LogP contribution in [0.2, 0.25) is 5.02 Å². The summed E-state index contributed by atoms with van der Waals surface area (Å²) in [4.78, 5) is 12.8. The number of methoxy groups -OCH3 is 2. The number of allylic oxidation sites excluding steroid dienone is 10. The van der Waals surface area contributed by atoms with E-state index in [-0.39, 0.29) is 0 Å². The van der Waals surface area contributed by atoms with Crippen molar-refractivity contribution in [3.05, 3.63) is 119 Å². The molecule has 0 saturated heterocycles. The van der Waals surface area contributed by atoms with Gasteiger partial charge in [-0.25, -0.2) is 4.79 Å². The zero-order valence-electron chi connectivity index (χ0n) is 29.0. The Morgan fingerprint density at radius 3 is 1.77 bits per heavy atom. The molecule has 0 radical (unpaired) electrons. The molecule has 254 valence electrons. The Kier molecular flexibility index (Phi) is 21.3. The van der Waals surface area contributed by atoms with Gasteiger partial charge in [0, 0.05) is 11.6 Å². The van der Waals surface area contributed by atoms with E-state index in [1.165, 1.54) is 57.4 Å². The lowest BCUT2D eigenvalue weighted by molar-refractivity contribution is -0.129. The topological polar surface area (TPSA) is 44.8 Å². The molecule has 0 saturated carbocycles. The lowest BCUT2D eigenvalue weighted by Crippen LogP contribution is -2.08. The molecule has 5 heteroatoms. The maximum absolute atomic E-state index is 12.8. The second kappa shape index (κ2) is 25.3. The van der Waals surface area contributed by atoms with Crippen molar-refractivity contribution >= 4 is 23.6 Å². The third kappa shape index (κ3) is 17.1. The lowest BCUT2D eigenvalue weighted by atomic mass is 9.99. The number of hydrogen-bond donors (Lipinski definition) is 0. The van der Waals surface area contributed by atoms with Gasteiger partial charge >= 0.3 is 5.97 Å². The maximum Gasteiger partial charge on any atom is 0.336 e. The van der Waals surface area contributed by atoms with E-state index in [0.717, 1.165) is 54.5 Å². The summed E-state index contributed by atoms with van der Waals surface area (Å²) < 4.78 is 16.9. The first-order chi connectivity index (χ1) is 23.0. The zero-order valence-corrected chi connectivity index (χ0v) is 29.8. The largest absolute Gasteiger partial charge is 0.496 e. The van der Waals surface area contributed by atoms with E-state index in [1.807, 2.05) is 85.0 Å². The molecule has 0 spiro atoms. The number of carbonyl (C=O) groups is 1. The zero-order chi connectivity index (χ0) is 34.0. The molecular formula is C42H55ClO4. The van der Waals surface area contributed by atoms with E-state index < -0.39 is 5.97 Å². The number of unbranched alkanes of at least 4 members (excludes halogenated alkanes) is 9. The molecule has 4 nitrogen and oxygen atoms in total. The highest BCUT2D eigenvalue weighted by Crippen LogP contribution is 2.33. The van der Waals surface area contributed by atoms with Gasteiger partial charge in [-0.1, -0.05) is 156 Å². The van der Waals surface area contributed by atoms with Crippen LogP contribution in [0.4, 0.5) is 0 Å². The van der Waals surface area contributed by atoms with E-state index in [4.69, 9.17) is 25.8 Å². The normalized spacial score (nSPS) is 12.2. The molecule has 0 atom stereocenters. The molecule has 2 rings (SSSR count). The number of halogens is 1. The summed E-state index contributed by atoms with van der Waals surface area (Å²) in [7, 11) is 3.31. The van der Waals surface area contributed by atoms with Crippen LogP contribution in [0.25, 0.3) is 6.08 Å². The van der Waals surface area contributed by atoms with E-state index in [0.29, 0.717) is 16.5 Å². The van der Waals surface area contributed by atoms with Crippen molar-refractivity contribution < 1.29 is 19.0 Å². The van der Waals surface area contributed by atoms with Crippen LogP contribution in [0, 0.1) is 0 Å². The van der Waals surface area contributed by atoms with Crippen molar-refractivity contribution in [3.8, 4) is 17.2 Å². The highest BCUT2D eigenvalue weighted by atomic mass is 35.5. The number of benzene rings is 2. The molecule has 0 aromatic heterocycles. The molecule has 0 aliphatic carbocycles. The Labute approximate surface area is 289 Å². The summed E-state index contributed by atoms with van der Waals surface area (Å²) >= 11 is 6.16. The Bertz CT molecular complexity index is 1360. The Balaban J connectivity index is 1.90. The van der Waals surface area contributed by atoms with Crippen LogP contribution in [-0.2, 0) is 17.6 Å². The van der Waals surface area contributed by atoms with Crippen molar-refractivity contribution in [2.24, 2.45) is 0 Å². The van der Waals surface area contributed by atoms with Crippen molar-refractivity contribution in [2.75, 3.05) is 14.2 Å². The molecule has 2 aromatic carbocycles. The average Bonchev–Trinajstić information content (AvgIpc) is 3.07. The van der Waals surface area contributed by atoms with Crippen LogP contribution in [0.1, 0.15) is 101 Å². The van der Waals surface area contributed by atoms with Gasteiger partial charge in [0.1, 0.15) is 17.2 Å². The highest BCUT2D eigenvalue weighted by molar-refractivity contribution is 6.32. The average molecular weight is 659 g/mol. The lowest BCUT2D eigenvalue weighted by Gasteiger charge is -2.16. The van der Waals surface area contributed by atoms with Gasteiger partial charge in [0.2, 0.25) is 0 Å². The summed E-state index contributed by atoms with van der Waals surface area (Å²) in [5.41, 5.74) is 3.13. The fraction of sp³-hybridized carbons (Fsp3) is 0.405. The van der Waals surface area contributed by atoms with E-state index >= 15 is 0 Å². The predicted molar refractivity (Wildman–Crippen MR) is 201 cm³/mol. The summed E-state index contributed by atoms with van der Waals surface area (Å²) in [5, 5.41) is 0.588. The fourth-order valence-corrected chi connectivity index (χ4v) is 5.36. The van der Waals surface area contributed by atoms with Crippen LogP contribution >= 0.6 is 11.6 Å². The van der Waals surface area contributed by atoms with Gasteiger partial charge in [0.25, 0.3) is 0 Å². The molecular weight excluding hydrogens is 604 g/mol. The number of esters is 1. The van der Waals surface area contributed by atoms with Gasteiger partial charge in [0.15, 0.2) is 0 Å². The van der Waals surface area contributed by atoms with Crippen LogP contribution in [-0.4, -0.2) is 20.2 Å². The van der Waals surface area contributed by atoms with Crippen LogP contribution < -0.4 is 14.2 Å². The molecule has 0 aliphatic rings. The first kappa shape index (κ1) is 39.4. The first-order valence-corrected chi connectivity index (χ1v) is 17.7. The fourth-order valence-electron chi connectivity index (χ4n) is 5.10. The second-order valence-electron chi connectivity index (χ2n) is 11.5. The third-order valence-corrected chi connectivity index (χ3v) is 8.00. The van der Waals surface area contributed by atoms with E-state index in [9.17, 15) is 4.79 Å². The monoisotopic (exact) mass is 658 g/mol. The molecule has 2 aromatic rings. The van der Waals surface area contributed by atoms with Crippen molar-refractivity contribution in [2.45, 2.75) is 97.3 Å². The molecule has 0 heterocycles. The molecule has 0 unspecified atom stereocenters. The van der Waals surface area contributed by atoms with Crippen molar-refractivity contribution in [1.29, 1.82) is 0 Å². The Morgan fingerprint density at radius 1 is 0.617 bits per heavy atom. The number of hydrogen-bond acceptors (Lipinski definition) is 4. The third-order valence-electron chi connectivity index (χ3n) is 7.70. The van der Waals surface area contributed by atoms with Crippen LogP contribution in [0.3, 0.4) is 0 Å². The van der Waals surface area contributed by atoms with Gasteiger partial charge in [-0.05, 0) is 61.1 Å². The minimum absolute atomic E-state index is 0.390. The highest BCUT2D eigenvalue weighted by Gasteiger charge is 2.15. The summed E-state index contributed by atoms with van der Waals surface area (Å²) in [5.74, 6) is 1.72. The van der Waals surface area contributed by atoms with Gasteiger partial charge in [-0.15, -0.1) is 0 Å². The smallest absolute Gasteiger partial charge is 0.336 e.